The largest absolute Gasteiger partial charge is 0.384 e. The Morgan fingerprint density at radius 3 is 2.53 bits per heavy atom. The van der Waals surface area contributed by atoms with Gasteiger partial charge in [0.1, 0.15) is 6.10 Å². The zero-order valence-corrected chi connectivity index (χ0v) is 10.7. The Kier molecular flexibility index (Phi) is 3.82. The van der Waals surface area contributed by atoms with Crippen LogP contribution in [0.2, 0.25) is 0 Å². The minimum Gasteiger partial charge on any atom is -0.384 e. The van der Waals surface area contributed by atoms with Gasteiger partial charge in [-0.05, 0) is 30.4 Å². The van der Waals surface area contributed by atoms with Gasteiger partial charge in [-0.15, -0.1) is 11.8 Å². The summed E-state index contributed by atoms with van der Waals surface area (Å²) in [5, 5.41) is 11.3. The molecule has 2 nitrogen and oxygen atoms in total. The lowest BCUT2D eigenvalue weighted by Gasteiger charge is -2.14. The summed E-state index contributed by atoms with van der Waals surface area (Å²) >= 11 is 1.61. The molecule has 0 saturated heterocycles. The Bertz CT molecular complexity index is 499. The van der Waals surface area contributed by atoms with E-state index in [0.717, 1.165) is 21.7 Å². The summed E-state index contributed by atoms with van der Waals surface area (Å²) in [5.74, 6) is 0. The van der Waals surface area contributed by atoms with Crippen molar-refractivity contribution in [2.45, 2.75) is 18.1 Å². The van der Waals surface area contributed by atoms with E-state index in [-0.39, 0.29) is 0 Å². The molecule has 0 unspecified atom stereocenters. The number of hydrogen-bond acceptors (Lipinski definition) is 3. The number of aromatic nitrogens is 1. The molecule has 0 aliphatic rings. The second-order valence-electron chi connectivity index (χ2n) is 3.90. The summed E-state index contributed by atoms with van der Waals surface area (Å²) in [4.78, 5) is 4.31. The van der Waals surface area contributed by atoms with Crippen LogP contribution in [0, 0.1) is 6.92 Å². The zero-order chi connectivity index (χ0) is 12.3. The van der Waals surface area contributed by atoms with Crippen molar-refractivity contribution in [1.29, 1.82) is 0 Å². The first-order valence-corrected chi connectivity index (χ1v) is 6.68. The summed E-state index contributed by atoms with van der Waals surface area (Å²) in [6, 6.07) is 11.7. The number of benzene rings is 1. The van der Waals surface area contributed by atoms with Gasteiger partial charge in [0.05, 0.1) is 5.03 Å². The molecule has 17 heavy (non-hydrogen) atoms. The van der Waals surface area contributed by atoms with E-state index < -0.39 is 6.10 Å². The highest BCUT2D eigenvalue weighted by molar-refractivity contribution is 7.98. The smallest absolute Gasteiger partial charge is 0.106 e. The van der Waals surface area contributed by atoms with Gasteiger partial charge in [0.2, 0.25) is 0 Å². The summed E-state index contributed by atoms with van der Waals surface area (Å²) in [5.41, 5.74) is 2.84. The maximum atomic E-state index is 10.3. The third-order valence-electron chi connectivity index (χ3n) is 2.75. The van der Waals surface area contributed by atoms with Gasteiger partial charge in [-0.25, -0.2) is 4.98 Å². The number of aryl methyl sites for hydroxylation is 1. The highest BCUT2D eigenvalue weighted by Crippen LogP contribution is 2.25. The molecule has 0 aliphatic heterocycles. The van der Waals surface area contributed by atoms with Crippen LogP contribution in [0.15, 0.2) is 47.6 Å². The van der Waals surface area contributed by atoms with Crippen LogP contribution in [-0.2, 0) is 0 Å². The van der Waals surface area contributed by atoms with Crippen molar-refractivity contribution in [3.63, 3.8) is 0 Å². The highest BCUT2D eigenvalue weighted by Gasteiger charge is 2.13. The Morgan fingerprint density at radius 1 is 1.24 bits per heavy atom. The first-order valence-electron chi connectivity index (χ1n) is 5.46. The van der Waals surface area contributed by atoms with Crippen LogP contribution in [0.4, 0.5) is 0 Å². The van der Waals surface area contributed by atoms with Gasteiger partial charge in [-0.3, -0.25) is 0 Å². The van der Waals surface area contributed by atoms with Gasteiger partial charge in [-0.1, -0.05) is 30.3 Å². The Labute approximate surface area is 106 Å². The van der Waals surface area contributed by atoms with Crippen molar-refractivity contribution in [2.75, 3.05) is 6.26 Å². The Hall–Kier alpha value is -1.32. The predicted octanol–water partition coefficient (Wildman–Crippen LogP) is 3.19. The van der Waals surface area contributed by atoms with Gasteiger partial charge < -0.3 is 5.11 Å². The number of rotatable bonds is 3. The van der Waals surface area contributed by atoms with Crippen LogP contribution in [0.25, 0.3) is 0 Å². The summed E-state index contributed by atoms with van der Waals surface area (Å²) in [6.07, 6.45) is 3.16. The number of aliphatic hydroxyl groups is 1. The fourth-order valence-corrected chi connectivity index (χ4v) is 2.21. The fraction of sp³-hybridized carbons (Fsp3) is 0.214. The highest BCUT2D eigenvalue weighted by atomic mass is 32.2. The third-order valence-corrected chi connectivity index (χ3v) is 3.39. The zero-order valence-electron chi connectivity index (χ0n) is 9.92. The first-order chi connectivity index (χ1) is 8.22. The average Bonchev–Trinajstić information content (AvgIpc) is 2.39. The van der Waals surface area contributed by atoms with E-state index in [1.807, 2.05) is 49.6 Å². The molecule has 2 aromatic rings. The molecule has 0 aliphatic carbocycles. The monoisotopic (exact) mass is 245 g/mol. The summed E-state index contributed by atoms with van der Waals surface area (Å²) in [6.45, 7) is 2.00. The maximum Gasteiger partial charge on any atom is 0.106 e. The Morgan fingerprint density at radius 2 is 1.94 bits per heavy atom. The van der Waals surface area contributed by atoms with E-state index in [1.54, 1.807) is 18.0 Å². The van der Waals surface area contributed by atoms with E-state index in [2.05, 4.69) is 4.98 Å². The molecule has 0 fully saturated rings. The molecule has 1 N–H and O–H groups in total. The predicted molar refractivity (Wildman–Crippen MR) is 71.3 cm³/mol. The molecule has 88 valence electrons. The second kappa shape index (κ2) is 5.34. The lowest BCUT2D eigenvalue weighted by Crippen LogP contribution is -2.02. The molecule has 0 amide bonds. The summed E-state index contributed by atoms with van der Waals surface area (Å²) < 4.78 is 0. The third kappa shape index (κ3) is 2.68. The molecule has 3 heteroatoms. The summed E-state index contributed by atoms with van der Waals surface area (Å²) in [7, 11) is 0. The van der Waals surface area contributed by atoms with Crippen LogP contribution in [0.3, 0.4) is 0 Å². The van der Waals surface area contributed by atoms with Crippen LogP contribution >= 0.6 is 11.8 Å². The molecule has 0 radical (unpaired) electrons. The minimum atomic E-state index is -0.598. The molecule has 1 atom stereocenters. The van der Waals surface area contributed by atoms with E-state index in [1.165, 1.54) is 0 Å². The number of thioether (sulfide) groups is 1. The molecule has 2 rings (SSSR count). The van der Waals surface area contributed by atoms with Crippen molar-refractivity contribution in [2.24, 2.45) is 0 Å². The van der Waals surface area contributed by atoms with Gasteiger partial charge in [0.25, 0.3) is 0 Å². The number of pyridine rings is 1. The van der Waals surface area contributed by atoms with Gasteiger partial charge in [0, 0.05) is 11.8 Å². The number of hydrogen-bond donors (Lipinski definition) is 1. The van der Waals surface area contributed by atoms with Crippen molar-refractivity contribution in [3.8, 4) is 0 Å². The standard InChI is InChI=1S/C14H15NOS/c1-10-8-13(17-2)15-9-12(10)14(16)11-6-4-3-5-7-11/h3-9,14,16H,1-2H3/t14-/m1/s1. The van der Waals surface area contributed by atoms with E-state index in [9.17, 15) is 5.11 Å². The lowest BCUT2D eigenvalue weighted by atomic mass is 10.00. The van der Waals surface area contributed by atoms with Gasteiger partial charge in [0.15, 0.2) is 0 Å². The van der Waals surface area contributed by atoms with Crippen molar-refractivity contribution < 1.29 is 5.11 Å². The second-order valence-corrected chi connectivity index (χ2v) is 4.72. The molecule has 0 bridgehead atoms. The van der Waals surface area contributed by atoms with Crippen LogP contribution in [-0.4, -0.2) is 16.3 Å². The van der Waals surface area contributed by atoms with Crippen molar-refractivity contribution in [1.82, 2.24) is 4.98 Å². The number of aliphatic hydroxyl groups excluding tert-OH is 1. The molecule has 0 saturated carbocycles. The van der Waals surface area contributed by atoms with Crippen molar-refractivity contribution >= 4 is 11.8 Å². The molecular weight excluding hydrogens is 230 g/mol. The van der Waals surface area contributed by atoms with Gasteiger partial charge >= 0.3 is 0 Å². The molecule has 0 spiro atoms. The fourth-order valence-electron chi connectivity index (χ4n) is 1.75. The molecule has 1 heterocycles. The minimum absolute atomic E-state index is 0.598. The maximum absolute atomic E-state index is 10.3. The first kappa shape index (κ1) is 12.1. The number of nitrogens with zero attached hydrogens (tertiary/aromatic N) is 1. The molecular formula is C14H15NOS. The van der Waals surface area contributed by atoms with Crippen LogP contribution in [0.1, 0.15) is 22.8 Å². The van der Waals surface area contributed by atoms with Gasteiger partial charge in [-0.2, -0.15) is 0 Å². The average molecular weight is 245 g/mol. The van der Waals surface area contributed by atoms with E-state index >= 15 is 0 Å². The van der Waals surface area contributed by atoms with E-state index in [0.29, 0.717) is 0 Å². The van der Waals surface area contributed by atoms with Crippen LogP contribution in [0.5, 0.6) is 0 Å². The van der Waals surface area contributed by atoms with Crippen molar-refractivity contribution in [3.05, 3.63) is 59.3 Å². The van der Waals surface area contributed by atoms with Crippen LogP contribution < -0.4 is 0 Å². The molecule has 1 aromatic heterocycles. The Balaban J connectivity index is 2.34. The SMILES string of the molecule is CSc1cc(C)c([C@H](O)c2ccccc2)cn1. The van der Waals surface area contributed by atoms with E-state index in [4.69, 9.17) is 0 Å². The quantitative estimate of drug-likeness (QED) is 0.843. The normalized spacial score (nSPS) is 12.4. The topological polar surface area (TPSA) is 33.1 Å². The lowest BCUT2D eigenvalue weighted by molar-refractivity contribution is 0.219. The molecule has 1 aromatic carbocycles.